The van der Waals surface area contributed by atoms with Crippen LogP contribution in [0.1, 0.15) is 30.4 Å². The van der Waals surface area contributed by atoms with Crippen LogP contribution >= 0.6 is 0 Å². The highest BCUT2D eigenvalue weighted by Crippen LogP contribution is 2.37. The van der Waals surface area contributed by atoms with E-state index < -0.39 is 0 Å². The molecule has 2 aliphatic rings. The van der Waals surface area contributed by atoms with Gasteiger partial charge >= 0.3 is 0 Å². The van der Waals surface area contributed by atoms with E-state index in [4.69, 9.17) is 0 Å². The molecule has 0 saturated carbocycles. The zero-order chi connectivity index (χ0) is 19.0. The molecule has 0 aliphatic carbocycles. The predicted molar refractivity (Wildman–Crippen MR) is 102 cm³/mol. The van der Waals surface area contributed by atoms with E-state index in [-0.39, 0.29) is 24.5 Å². The van der Waals surface area contributed by atoms with E-state index >= 15 is 0 Å². The minimum absolute atomic E-state index is 0.0159. The van der Waals surface area contributed by atoms with E-state index in [1.165, 1.54) is 0 Å². The summed E-state index contributed by atoms with van der Waals surface area (Å²) in [5.41, 5.74) is 4.93. The number of carbonyl (C=O) groups is 2. The number of fused-ring (bicyclic) bond motifs is 1. The van der Waals surface area contributed by atoms with Gasteiger partial charge in [-0.15, -0.1) is 0 Å². The van der Waals surface area contributed by atoms with Crippen molar-refractivity contribution < 1.29 is 14.7 Å². The maximum atomic E-state index is 12.2. The van der Waals surface area contributed by atoms with Crippen LogP contribution < -0.4 is 4.90 Å². The van der Waals surface area contributed by atoms with Gasteiger partial charge in [-0.1, -0.05) is 18.2 Å². The maximum Gasteiger partial charge on any atom is 0.227 e. The highest BCUT2D eigenvalue weighted by atomic mass is 16.3. The standard InChI is InChI=1S/C21H23N3O3/c1-23-19(26)7-5-15-3-2-4-18(21(15)23)16-9-14(10-22-11-16)12-24-17(13-25)6-8-20(24)27/h2-4,9-11,17,25H,5-8,12-13H2,1H3/t17-/m0/s1. The number of aliphatic hydroxyl groups is 1. The highest BCUT2D eigenvalue weighted by molar-refractivity contribution is 6.00. The molecule has 140 valence electrons. The van der Waals surface area contributed by atoms with Crippen LogP contribution in [-0.4, -0.2) is 46.5 Å². The molecule has 1 N–H and O–H groups in total. The Labute approximate surface area is 158 Å². The number of hydrogen-bond donors (Lipinski definition) is 1. The SMILES string of the molecule is CN1C(=O)CCc2cccc(-c3cncc(CN4C(=O)CC[C@H]4CO)c3)c21. The predicted octanol–water partition coefficient (Wildman–Crippen LogP) is 2.14. The van der Waals surface area contributed by atoms with Gasteiger partial charge in [0.05, 0.1) is 18.3 Å². The second kappa shape index (κ2) is 7.12. The van der Waals surface area contributed by atoms with Crippen LogP contribution in [0.5, 0.6) is 0 Å². The first-order chi connectivity index (χ1) is 13.1. The number of pyridine rings is 1. The monoisotopic (exact) mass is 365 g/mol. The van der Waals surface area contributed by atoms with Gasteiger partial charge in [0.25, 0.3) is 0 Å². The van der Waals surface area contributed by atoms with Crippen molar-refractivity contribution in [2.75, 3.05) is 18.6 Å². The molecule has 0 spiro atoms. The summed E-state index contributed by atoms with van der Waals surface area (Å²) in [7, 11) is 1.82. The Morgan fingerprint density at radius 2 is 2.00 bits per heavy atom. The van der Waals surface area contributed by atoms with Gasteiger partial charge < -0.3 is 14.9 Å². The van der Waals surface area contributed by atoms with Crippen molar-refractivity contribution in [3.8, 4) is 11.1 Å². The fraction of sp³-hybridized carbons (Fsp3) is 0.381. The smallest absolute Gasteiger partial charge is 0.227 e. The molecule has 4 rings (SSSR count). The van der Waals surface area contributed by atoms with E-state index in [9.17, 15) is 14.7 Å². The fourth-order valence-electron chi connectivity index (χ4n) is 4.07. The maximum absolute atomic E-state index is 12.2. The molecule has 0 unspecified atom stereocenters. The Bertz CT molecular complexity index is 896. The third-order valence-electron chi connectivity index (χ3n) is 5.56. The first-order valence-corrected chi connectivity index (χ1v) is 9.31. The van der Waals surface area contributed by atoms with E-state index in [2.05, 4.69) is 11.1 Å². The Balaban J connectivity index is 1.68. The van der Waals surface area contributed by atoms with Crippen molar-refractivity contribution in [2.24, 2.45) is 0 Å². The molecule has 0 bridgehead atoms. The summed E-state index contributed by atoms with van der Waals surface area (Å²) in [6.45, 7) is 0.423. The Morgan fingerprint density at radius 3 is 2.81 bits per heavy atom. The molecule has 27 heavy (non-hydrogen) atoms. The zero-order valence-electron chi connectivity index (χ0n) is 15.4. The number of hydrogen-bond acceptors (Lipinski definition) is 4. The van der Waals surface area contributed by atoms with E-state index in [0.717, 1.165) is 34.4 Å². The molecule has 2 amide bonds. The van der Waals surface area contributed by atoms with Crippen LogP contribution in [0.25, 0.3) is 11.1 Å². The Morgan fingerprint density at radius 1 is 1.15 bits per heavy atom. The number of para-hydroxylation sites is 1. The van der Waals surface area contributed by atoms with Crippen molar-refractivity contribution >= 4 is 17.5 Å². The molecule has 3 heterocycles. The molecule has 6 heteroatoms. The number of aryl methyl sites for hydroxylation is 1. The van der Waals surface area contributed by atoms with E-state index in [0.29, 0.717) is 25.8 Å². The lowest BCUT2D eigenvalue weighted by atomic mass is 9.94. The number of amides is 2. The van der Waals surface area contributed by atoms with Crippen LogP contribution in [0, 0.1) is 0 Å². The molecule has 1 aromatic carbocycles. The van der Waals surface area contributed by atoms with E-state index in [1.807, 2.05) is 25.2 Å². The van der Waals surface area contributed by atoms with Crippen LogP contribution in [0.15, 0.2) is 36.7 Å². The van der Waals surface area contributed by atoms with Crippen LogP contribution in [0.4, 0.5) is 5.69 Å². The normalized spacial score (nSPS) is 19.6. The minimum atomic E-state index is -0.116. The van der Waals surface area contributed by atoms with Crippen LogP contribution in [0.2, 0.25) is 0 Å². The van der Waals surface area contributed by atoms with Gasteiger partial charge in [-0.05, 0) is 30.0 Å². The summed E-state index contributed by atoms with van der Waals surface area (Å²) in [6, 6.07) is 7.99. The first-order valence-electron chi connectivity index (χ1n) is 9.31. The largest absolute Gasteiger partial charge is 0.394 e. The van der Waals surface area contributed by atoms with Gasteiger partial charge in [0, 0.05) is 50.0 Å². The fourth-order valence-corrected chi connectivity index (χ4v) is 4.07. The molecule has 1 atom stereocenters. The van der Waals surface area contributed by atoms with Gasteiger partial charge in [-0.25, -0.2) is 0 Å². The second-order valence-corrected chi connectivity index (χ2v) is 7.24. The number of aromatic nitrogens is 1. The summed E-state index contributed by atoms with van der Waals surface area (Å²) >= 11 is 0. The lowest BCUT2D eigenvalue weighted by molar-refractivity contribution is -0.130. The third-order valence-corrected chi connectivity index (χ3v) is 5.56. The number of benzene rings is 1. The highest BCUT2D eigenvalue weighted by Gasteiger charge is 2.30. The molecule has 1 fully saturated rings. The summed E-state index contributed by atoms with van der Waals surface area (Å²) in [6.07, 6.45) is 6.01. The van der Waals surface area contributed by atoms with Gasteiger partial charge in [0.2, 0.25) is 11.8 Å². The van der Waals surface area contributed by atoms with Crippen LogP contribution in [0.3, 0.4) is 0 Å². The molecule has 2 aromatic rings. The molecule has 1 aromatic heterocycles. The number of rotatable bonds is 4. The Hall–Kier alpha value is -2.73. The van der Waals surface area contributed by atoms with Crippen molar-refractivity contribution in [2.45, 2.75) is 38.3 Å². The number of nitrogens with zero attached hydrogens (tertiary/aromatic N) is 3. The van der Waals surface area contributed by atoms with Gasteiger partial charge in [0.1, 0.15) is 0 Å². The van der Waals surface area contributed by atoms with Crippen LogP contribution in [-0.2, 0) is 22.6 Å². The van der Waals surface area contributed by atoms with Crippen molar-refractivity contribution in [3.05, 3.63) is 47.8 Å². The summed E-state index contributed by atoms with van der Waals surface area (Å²) < 4.78 is 0. The van der Waals surface area contributed by atoms with Crippen molar-refractivity contribution in [3.63, 3.8) is 0 Å². The molecule has 6 nitrogen and oxygen atoms in total. The topological polar surface area (TPSA) is 73.7 Å². The number of likely N-dealkylation sites (tertiary alicyclic amines) is 1. The average molecular weight is 365 g/mol. The van der Waals surface area contributed by atoms with Gasteiger partial charge in [-0.2, -0.15) is 0 Å². The van der Waals surface area contributed by atoms with Crippen molar-refractivity contribution in [1.82, 2.24) is 9.88 Å². The first kappa shape index (κ1) is 17.7. The third kappa shape index (κ3) is 3.21. The number of anilines is 1. The lowest BCUT2D eigenvalue weighted by Crippen LogP contribution is -2.34. The number of carbonyl (C=O) groups excluding carboxylic acids is 2. The molecule has 0 radical (unpaired) electrons. The summed E-state index contributed by atoms with van der Waals surface area (Å²) in [5.74, 6) is 0.189. The summed E-state index contributed by atoms with van der Waals surface area (Å²) in [4.78, 5) is 32.1. The number of aliphatic hydroxyl groups excluding tert-OH is 1. The van der Waals surface area contributed by atoms with E-state index in [1.54, 1.807) is 22.2 Å². The second-order valence-electron chi connectivity index (χ2n) is 7.24. The summed E-state index contributed by atoms with van der Waals surface area (Å²) in [5, 5.41) is 9.50. The average Bonchev–Trinajstić information content (AvgIpc) is 3.04. The minimum Gasteiger partial charge on any atom is -0.394 e. The molecule has 1 saturated heterocycles. The molecule has 2 aliphatic heterocycles. The van der Waals surface area contributed by atoms with Gasteiger partial charge in [0.15, 0.2) is 0 Å². The molecular weight excluding hydrogens is 342 g/mol. The quantitative estimate of drug-likeness (QED) is 0.901. The van der Waals surface area contributed by atoms with Gasteiger partial charge in [-0.3, -0.25) is 14.6 Å². The zero-order valence-corrected chi connectivity index (χ0v) is 15.4. The molecular formula is C21H23N3O3. The Kier molecular flexibility index (Phi) is 4.66. The lowest BCUT2D eigenvalue weighted by Gasteiger charge is -2.28. The van der Waals surface area contributed by atoms with Crippen molar-refractivity contribution in [1.29, 1.82) is 0 Å².